The van der Waals surface area contributed by atoms with Crippen LogP contribution in [0.15, 0.2) is 69.0 Å². The van der Waals surface area contributed by atoms with Crippen LogP contribution in [0.5, 0.6) is 11.5 Å². The zero-order valence-electron chi connectivity index (χ0n) is 17.3. The van der Waals surface area contributed by atoms with Gasteiger partial charge in [-0.2, -0.15) is 0 Å². The number of hydrogen-bond donors (Lipinski definition) is 1. The number of para-hydroxylation sites is 1. The number of ether oxygens (including phenoxy) is 2. The molecule has 8 heteroatoms. The normalized spacial score (nSPS) is 10.8. The Hall–Kier alpha value is -3.52. The molecule has 2 aromatic carbocycles. The summed E-state index contributed by atoms with van der Waals surface area (Å²) in [6, 6.07) is 16.5. The van der Waals surface area contributed by atoms with E-state index in [1.54, 1.807) is 14.2 Å². The van der Waals surface area contributed by atoms with Gasteiger partial charge in [0, 0.05) is 17.4 Å². The Bertz CT molecular complexity index is 1250. The summed E-state index contributed by atoms with van der Waals surface area (Å²) in [5, 5.41) is 0.513. The number of H-pyrrole nitrogens is 1. The van der Waals surface area contributed by atoms with E-state index >= 15 is 0 Å². The average molecular weight is 436 g/mol. The van der Waals surface area contributed by atoms with E-state index in [4.69, 9.17) is 13.9 Å². The summed E-state index contributed by atoms with van der Waals surface area (Å²) in [5.74, 6) is 3.15. The lowest BCUT2D eigenvalue weighted by molar-refractivity contribution is 0.414. The largest absolute Gasteiger partial charge is 0.497 e. The van der Waals surface area contributed by atoms with Crippen LogP contribution in [-0.4, -0.2) is 29.2 Å². The molecule has 0 spiro atoms. The average Bonchev–Trinajstić information content (AvgIpc) is 3.17. The first-order chi connectivity index (χ1) is 15.1. The minimum atomic E-state index is -0.213. The molecule has 0 radical (unpaired) electrons. The van der Waals surface area contributed by atoms with Gasteiger partial charge in [0.2, 0.25) is 5.89 Å². The Labute approximate surface area is 183 Å². The number of benzene rings is 2. The lowest BCUT2D eigenvalue weighted by Crippen LogP contribution is -2.08. The highest BCUT2D eigenvalue weighted by Gasteiger charge is 2.16. The number of thioether (sulfide) groups is 1. The van der Waals surface area contributed by atoms with Crippen LogP contribution in [0, 0.1) is 6.92 Å². The maximum Gasteiger partial charge on any atom is 0.252 e. The molecule has 0 unspecified atom stereocenters. The third-order valence-corrected chi connectivity index (χ3v) is 5.57. The number of nitrogens with one attached hydrogen (secondary N) is 1. The van der Waals surface area contributed by atoms with Crippen LogP contribution < -0.4 is 15.0 Å². The van der Waals surface area contributed by atoms with Crippen molar-refractivity contribution in [2.75, 3.05) is 14.2 Å². The Morgan fingerprint density at radius 1 is 1.03 bits per heavy atom. The quantitative estimate of drug-likeness (QED) is 0.332. The molecular weight excluding hydrogens is 414 g/mol. The van der Waals surface area contributed by atoms with E-state index in [9.17, 15) is 4.79 Å². The molecule has 0 saturated heterocycles. The maximum absolute atomic E-state index is 12.2. The number of aromatic nitrogens is 3. The fourth-order valence-electron chi connectivity index (χ4n) is 3.05. The van der Waals surface area contributed by atoms with Gasteiger partial charge in [-0.3, -0.25) is 4.79 Å². The van der Waals surface area contributed by atoms with E-state index in [1.165, 1.54) is 17.8 Å². The second kappa shape index (κ2) is 9.09. The van der Waals surface area contributed by atoms with Crippen molar-refractivity contribution in [1.29, 1.82) is 0 Å². The number of hydrogen-bond acceptors (Lipinski definition) is 7. The highest BCUT2D eigenvalue weighted by atomic mass is 32.2. The molecule has 2 heterocycles. The zero-order chi connectivity index (χ0) is 21.8. The summed E-state index contributed by atoms with van der Waals surface area (Å²) < 4.78 is 16.4. The Kier molecular flexibility index (Phi) is 6.08. The van der Waals surface area contributed by atoms with Gasteiger partial charge < -0.3 is 18.9 Å². The van der Waals surface area contributed by atoms with Crippen molar-refractivity contribution >= 4 is 11.8 Å². The topological polar surface area (TPSA) is 90.2 Å². The first-order valence-electron chi connectivity index (χ1n) is 9.55. The van der Waals surface area contributed by atoms with Gasteiger partial charge in [0.25, 0.3) is 5.56 Å². The minimum Gasteiger partial charge on any atom is -0.497 e. The molecule has 4 aromatic rings. The van der Waals surface area contributed by atoms with Gasteiger partial charge in [0.15, 0.2) is 5.16 Å². The van der Waals surface area contributed by atoms with E-state index < -0.39 is 0 Å². The fraction of sp³-hybridized carbons (Fsp3) is 0.174. The molecule has 0 amide bonds. The number of aryl methyl sites for hydroxylation is 1. The van der Waals surface area contributed by atoms with Crippen LogP contribution in [0.25, 0.3) is 22.7 Å². The summed E-state index contributed by atoms with van der Waals surface area (Å²) in [6.45, 7) is 1.87. The first kappa shape index (κ1) is 20.7. The van der Waals surface area contributed by atoms with Crippen molar-refractivity contribution in [3.05, 3.63) is 76.4 Å². The van der Waals surface area contributed by atoms with E-state index in [0.717, 1.165) is 22.6 Å². The number of methoxy groups -OCH3 is 2. The fourth-order valence-corrected chi connectivity index (χ4v) is 3.93. The molecular formula is C23H21N3O4S. The number of aromatic amines is 1. The number of nitrogens with zero attached hydrogens (tertiary/aromatic N) is 2. The van der Waals surface area contributed by atoms with Crippen LogP contribution in [-0.2, 0) is 5.75 Å². The molecule has 158 valence electrons. The summed E-state index contributed by atoms with van der Waals surface area (Å²) in [6.07, 6.45) is 0. The monoisotopic (exact) mass is 435 g/mol. The van der Waals surface area contributed by atoms with Gasteiger partial charge in [-0.05, 0) is 43.3 Å². The second-order valence-electron chi connectivity index (χ2n) is 6.68. The van der Waals surface area contributed by atoms with Gasteiger partial charge in [-0.1, -0.05) is 23.9 Å². The van der Waals surface area contributed by atoms with Crippen molar-refractivity contribution in [1.82, 2.24) is 15.0 Å². The van der Waals surface area contributed by atoms with Gasteiger partial charge in [0.05, 0.1) is 31.2 Å². The summed E-state index contributed by atoms with van der Waals surface area (Å²) in [4.78, 5) is 24.2. The lowest BCUT2D eigenvalue weighted by Gasteiger charge is -2.05. The molecule has 4 rings (SSSR count). The summed E-state index contributed by atoms with van der Waals surface area (Å²) >= 11 is 1.39. The van der Waals surface area contributed by atoms with Crippen molar-refractivity contribution in [3.8, 4) is 34.2 Å². The van der Waals surface area contributed by atoms with E-state index in [2.05, 4.69) is 15.0 Å². The minimum absolute atomic E-state index is 0.213. The molecule has 0 atom stereocenters. The van der Waals surface area contributed by atoms with Gasteiger partial charge >= 0.3 is 0 Å². The van der Waals surface area contributed by atoms with E-state index in [-0.39, 0.29) is 5.56 Å². The van der Waals surface area contributed by atoms with Crippen molar-refractivity contribution in [2.24, 2.45) is 0 Å². The molecule has 1 N–H and O–H groups in total. The third-order valence-electron chi connectivity index (χ3n) is 4.68. The van der Waals surface area contributed by atoms with Gasteiger partial charge in [-0.25, -0.2) is 9.97 Å². The van der Waals surface area contributed by atoms with Crippen molar-refractivity contribution in [2.45, 2.75) is 17.8 Å². The third kappa shape index (κ3) is 4.64. The molecule has 2 aromatic heterocycles. The Morgan fingerprint density at radius 2 is 1.81 bits per heavy atom. The first-order valence-corrected chi connectivity index (χ1v) is 10.5. The van der Waals surface area contributed by atoms with Crippen LogP contribution in [0.4, 0.5) is 0 Å². The lowest BCUT2D eigenvalue weighted by atomic mass is 10.1. The molecule has 0 aliphatic rings. The van der Waals surface area contributed by atoms with Crippen LogP contribution in [0.3, 0.4) is 0 Å². The molecule has 0 aliphatic carbocycles. The van der Waals surface area contributed by atoms with Crippen molar-refractivity contribution < 1.29 is 13.9 Å². The van der Waals surface area contributed by atoms with Gasteiger partial charge in [0.1, 0.15) is 17.3 Å². The van der Waals surface area contributed by atoms with Crippen LogP contribution in [0.2, 0.25) is 0 Å². The molecule has 0 aliphatic heterocycles. The predicted molar refractivity (Wildman–Crippen MR) is 120 cm³/mol. The van der Waals surface area contributed by atoms with Crippen molar-refractivity contribution in [3.63, 3.8) is 0 Å². The molecule has 31 heavy (non-hydrogen) atoms. The zero-order valence-corrected chi connectivity index (χ0v) is 18.2. The number of rotatable bonds is 7. The second-order valence-corrected chi connectivity index (χ2v) is 7.64. The molecule has 0 saturated carbocycles. The van der Waals surface area contributed by atoms with E-state index in [0.29, 0.717) is 34.0 Å². The number of oxazole rings is 1. The standard InChI is InChI=1S/C23H21N3O4S/c1-14-19(24-22(30-14)17-6-4-5-7-20(17)29-3)13-31-23-25-18(12-21(27)26-23)15-8-10-16(28-2)11-9-15/h4-12H,13H2,1-3H3,(H,25,26,27). The Morgan fingerprint density at radius 3 is 2.55 bits per heavy atom. The SMILES string of the molecule is COc1ccc(-c2cc(=O)[nH]c(SCc3nc(-c4ccccc4OC)oc3C)n2)cc1. The van der Waals surface area contributed by atoms with Crippen LogP contribution in [0.1, 0.15) is 11.5 Å². The highest BCUT2D eigenvalue weighted by molar-refractivity contribution is 7.98. The molecule has 7 nitrogen and oxygen atoms in total. The molecule has 0 fully saturated rings. The highest BCUT2D eigenvalue weighted by Crippen LogP contribution is 2.32. The summed E-state index contributed by atoms with van der Waals surface area (Å²) in [7, 11) is 3.23. The summed E-state index contributed by atoms with van der Waals surface area (Å²) in [5.41, 5.74) is 2.79. The maximum atomic E-state index is 12.2. The van der Waals surface area contributed by atoms with Gasteiger partial charge in [-0.15, -0.1) is 0 Å². The smallest absolute Gasteiger partial charge is 0.252 e. The predicted octanol–water partition coefficient (Wildman–Crippen LogP) is 4.71. The Balaban J connectivity index is 1.55. The molecule has 0 bridgehead atoms. The van der Waals surface area contributed by atoms with E-state index in [1.807, 2.05) is 55.5 Å². The van der Waals surface area contributed by atoms with Crippen LogP contribution >= 0.6 is 11.8 Å².